The number of aromatic nitrogens is 2. The van der Waals surface area contributed by atoms with Crippen molar-refractivity contribution < 1.29 is 0 Å². The molecule has 2 heterocycles. The lowest BCUT2D eigenvalue weighted by atomic mass is 9.62. The predicted octanol–water partition coefficient (Wildman–Crippen LogP) is 2.49. The summed E-state index contributed by atoms with van der Waals surface area (Å²) in [4.78, 5) is 0. The van der Waals surface area contributed by atoms with Crippen molar-refractivity contribution in [2.75, 3.05) is 0 Å². The van der Waals surface area contributed by atoms with E-state index in [0.717, 1.165) is 50.0 Å². The van der Waals surface area contributed by atoms with E-state index in [-0.39, 0.29) is 49.2 Å². The topological polar surface area (TPSA) is 9.86 Å². The molecule has 0 aliphatic carbocycles. The first-order valence-corrected chi connectivity index (χ1v) is 21.3. The standard InChI is InChI=1S/C54H26B10N2/c55-41-36-35-24-12-23-34(29-17-8-3-9-18-29)51(35)65(32-21-10-19-30(25-32)27-13-4-1-5-14-27)52(36)48(62)43(57)37(41)38-42(56)39-40-45(59)46(60)47(61)50(64)54(40)66(53(39)49(63)44(38)58)33-22-11-20-31(26-33)28-15-6-2-7-16-28/h1-26H. The van der Waals surface area contributed by atoms with Gasteiger partial charge in [-0.1, -0.05) is 177 Å². The van der Waals surface area contributed by atoms with Crippen LogP contribution in [0.1, 0.15) is 0 Å². The Morgan fingerprint density at radius 3 is 1.15 bits per heavy atom. The SMILES string of the molecule is [B]c1c([B])c([B])c2c(c1[B])c1c([B])c(-c3c([B])c([B])c4c(c3[B])c3cccc(-c5ccccc5)c3n4-c3cccc(-c4ccccc4)c3)c([B])c([B])c1n2-c1cccc(-c2ccccc2)c1. The molecule has 9 aromatic carbocycles. The first-order chi connectivity index (χ1) is 32.0. The van der Waals surface area contributed by atoms with Gasteiger partial charge in [-0.3, -0.25) is 0 Å². The van der Waals surface area contributed by atoms with Gasteiger partial charge in [-0.25, -0.2) is 0 Å². The lowest BCUT2D eigenvalue weighted by Crippen LogP contribution is -2.48. The zero-order valence-corrected chi connectivity index (χ0v) is 35.7. The average molecular weight is 811 g/mol. The monoisotopic (exact) mass is 812 g/mol. The van der Waals surface area contributed by atoms with Crippen LogP contribution in [0.15, 0.2) is 158 Å². The maximum absolute atomic E-state index is 7.51. The Morgan fingerprint density at radius 1 is 0.258 bits per heavy atom. The third-order valence-electron chi connectivity index (χ3n) is 13.0. The van der Waals surface area contributed by atoms with Crippen molar-refractivity contribution in [3.8, 4) is 55.9 Å². The Morgan fingerprint density at radius 2 is 0.636 bits per heavy atom. The number of benzene rings is 9. The highest BCUT2D eigenvalue weighted by Gasteiger charge is 2.28. The van der Waals surface area contributed by atoms with E-state index in [1.54, 1.807) is 0 Å². The second-order valence-corrected chi connectivity index (χ2v) is 16.6. The Balaban J connectivity index is 1.26. The molecule has 0 atom stereocenters. The summed E-state index contributed by atoms with van der Waals surface area (Å²) in [5.41, 5.74) is 12.4. The van der Waals surface area contributed by atoms with Gasteiger partial charge in [0.25, 0.3) is 0 Å². The summed E-state index contributed by atoms with van der Waals surface area (Å²) in [5, 5.41) is 2.38. The molecule has 11 rings (SSSR count). The Kier molecular flexibility index (Phi) is 10.1. The van der Waals surface area contributed by atoms with Gasteiger partial charge in [-0.2, -0.15) is 0 Å². The smallest absolute Gasteiger partial charge is 0.115 e. The molecule has 0 unspecified atom stereocenters. The summed E-state index contributed by atoms with van der Waals surface area (Å²) < 4.78 is 4.03. The van der Waals surface area contributed by atoms with Crippen LogP contribution in [0.4, 0.5) is 0 Å². The van der Waals surface area contributed by atoms with Crippen molar-refractivity contribution in [3.63, 3.8) is 0 Å². The van der Waals surface area contributed by atoms with E-state index in [0.29, 0.717) is 55.0 Å². The largest absolute Gasteiger partial charge is 0.311 e. The van der Waals surface area contributed by atoms with E-state index >= 15 is 0 Å². The molecule has 0 saturated heterocycles. The van der Waals surface area contributed by atoms with Gasteiger partial charge >= 0.3 is 0 Å². The number of rotatable bonds is 6. The lowest BCUT2D eigenvalue weighted by molar-refractivity contribution is 1.19. The Labute approximate surface area is 397 Å². The number of fused-ring (bicyclic) bond motifs is 6. The van der Waals surface area contributed by atoms with Gasteiger partial charge in [0, 0.05) is 49.6 Å². The van der Waals surface area contributed by atoms with Crippen LogP contribution in [0.25, 0.3) is 99.5 Å². The normalized spacial score (nSPS) is 11.6. The minimum Gasteiger partial charge on any atom is -0.311 e. The van der Waals surface area contributed by atoms with Crippen LogP contribution >= 0.6 is 0 Å². The average Bonchev–Trinajstić information content (AvgIpc) is 3.91. The molecule has 66 heavy (non-hydrogen) atoms. The highest BCUT2D eigenvalue weighted by molar-refractivity contribution is 6.70. The lowest BCUT2D eigenvalue weighted by Gasteiger charge is -2.25. The van der Waals surface area contributed by atoms with E-state index in [9.17, 15) is 0 Å². The summed E-state index contributed by atoms with van der Waals surface area (Å²) in [6.07, 6.45) is 0. The predicted molar refractivity (Wildman–Crippen MR) is 291 cm³/mol. The van der Waals surface area contributed by atoms with Crippen molar-refractivity contribution in [3.05, 3.63) is 158 Å². The van der Waals surface area contributed by atoms with Crippen LogP contribution in [0.2, 0.25) is 0 Å². The Bertz CT molecular complexity index is 3810. The van der Waals surface area contributed by atoms with Crippen molar-refractivity contribution in [1.29, 1.82) is 0 Å². The third-order valence-corrected chi connectivity index (χ3v) is 13.0. The first kappa shape index (κ1) is 41.9. The van der Waals surface area contributed by atoms with Crippen LogP contribution in [0, 0.1) is 0 Å². The van der Waals surface area contributed by atoms with E-state index < -0.39 is 0 Å². The fourth-order valence-corrected chi connectivity index (χ4v) is 9.91. The molecule has 282 valence electrons. The number of hydrogen-bond donors (Lipinski definition) is 0. The van der Waals surface area contributed by atoms with E-state index in [1.807, 2.05) is 114 Å². The molecule has 0 bridgehead atoms. The van der Waals surface area contributed by atoms with Gasteiger partial charge in [-0.05, 0) is 68.6 Å². The van der Waals surface area contributed by atoms with Crippen LogP contribution in [-0.2, 0) is 0 Å². The molecule has 20 radical (unpaired) electrons. The fourth-order valence-electron chi connectivity index (χ4n) is 9.91. The van der Waals surface area contributed by atoms with E-state index in [2.05, 4.69) is 53.1 Å². The second kappa shape index (κ2) is 16.0. The van der Waals surface area contributed by atoms with Crippen molar-refractivity contribution >= 4 is 177 Å². The molecule has 0 N–H and O–H groups in total. The summed E-state index contributed by atoms with van der Waals surface area (Å²) >= 11 is 0. The van der Waals surface area contributed by atoms with Crippen molar-refractivity contribution in [1.82, 2.24) is 9.13 Å². The van der Waals surface area contributed by atoms with Crippen LogP contribution < -0.4 is 54.6 Å². The van der Waals surface area contributed by atoms with Gasteiger partial charge < -0.3 is 9.13 Å². The van der Waals surface area contributed by atoms with Gasteiger partial charge in [-0.15, -0.1) is 10.9 Å². The molecule has 0 saturated carbocycles. The Hall–Kier alpha value is -6.77. The minimum absolute atomic E-state index is 0.108. The molecular weight excluding hydrogens is 785 g/mol. The molecule has 11 aromatic rings. The number of hydrogen-bond acceptors (Lipinski definition) is 0. The number of para-hydroxylation sites is 1. The summed E-state index contributed by atoms with van der Waals surface area (Å²) in [5.74, 6) is 0. The summed E-state index contributed by atoms with van der Waals surface area (Å²) in [7, 11) is 71.1. The molecule has 0 aliphatic heterocycles. The molecule has 0 aliphatic rings. The highest BCUT2D eigenvalue weighted by Crippen LogP contribution is 2.39. The zero-order chi connectivity index (χ0) is 45.7. The summed E-state index contributed by atoms with van der Waals surface area (Å²) in [6.45, 7) is 0. The second-order valence-electron chi connectivity index (χ2n) is 16.6. The summed E-state index contributed by atoms with van der Waals surface area (Å²) in [6, 6.07) is 52.8. The van der Waals surface area contributed by atoms with Gasteiger partial charge in [0.05, 0.1) is 5.52 Å². The van der Waals surface area contributed by atoms with Gasteiger partial charge in [0.1, 0.15) is 78.5 Å². The molecule has 0 fully saturated rings. The minimum atomic E-state index is 0.108. The van der Waals surface area contributed by atoms with Crippen molar-refractivity contribution in [2.45, 2.75) is 0 Å². The molecule has 2 nitrogen and oxygen atoms in total. The van der Waals surface area contributed by atoms with Crippen LogP contribution in [0.3, 0.4) is 0 Å². The van der Waals surface area contributed by atoms with Crippen LogP contribution in [0.5, 0.6) is 0 Å². The quantitative estimate of drug-likeness (QED) is 0.229. The molecule has 12 heteroatoms. The fraction of sp³-hybridized carbons (Fsp3) is 0. The van der Waals surface area contributed by atoms with Gasteiger partial charge in [0.15, 0.2) is 0 Å². The maximum atomic E-state index is 7.51. The molecular formula is C54H26B10N2. The molecule has 0 spiro atoms. The third kappa shape index (κ3) is 6.17. The maximum Gasteiger partial charge on any atom is 0.115 e. The van der Waals surface area contributed by atoms with E-state index in [4.69, 9.17) is 78.5 Å². The highest BCUT2D eigenvalue weighted by atomic mass is 15.0. The van der Waals surface area contributed by atoms with E-state index in [1.165, 1.54) is 0 Å². The molecule has 0 amide bonds. The van der Waals surface area contributed by atoms with Crippen LogP contribution in [-0.4, -0.2) is 87.6 Å². The molecule has 2 aromatic heterocycles. The zero-order valence-electron chi connectivity index (χ0n) is 35.7. The van der Waals surface area contributed by atoms with Crippen molar-refractivity contribution in [2.24, 2.45) is 0 Å². The number of nitrogens with zero attached hydrogens (tertiary/aromatic N) is 2. The van der Waals surface area contributed by atoms with Gasteiger partial charge in [0.2, 0.25) is 0 Å². The first-order valence-electron chi connectivity index (χ1n) is 21.3.